The van der Waals surface area contributed by atoms with E-state index in [0.29, 0.717) is 12.4 Å². The Kier molecular flexibility index (Phi) is 4.40. The first kappa shape index (κ1) is 13.0. The van der Waals surface area contributed by atoms with Crippen molar-refractivity contribution in [2.45, 2.75) is 13.0 Å². The molecule has 0 radical (unpaired) electrons. The number of nitrogen functional groups attached to an aromatic ring is 1. The van der Waals surface area contributed by atoms with E-state index < -0.39 is 0 Å². The summed E-state index contributed by atoms with van der Waals surface area (Å²) in [6, 6.07) is 1.86. The van der Waals surface area contributed by atoms with Crippen LogP contribution in [0.25, 0.3) is 0 Å². The van der Waals surface area contributed by atoms with Gasteiger partial charge in [0.05, 0.1) is 12.4 Å². The second-order valence-electron chi connectivity index (χ2n) is 3.81. The van der Waals surface area contributed by atoms with Gasteiger partial charge in [-0.3, -0.25) is 9.48 Å². The van der Waals surface area contributed by atoms with Crippen molar-refractivity contribution < 1.29 is 4.79 Å². The molecule has 0 unspecified atom stereocenters. The fourth-order valence-corrected chi connectivity index (χ4v) is 1.49. The Balaban J connectivity index is 1.74. The minimum atomic E-state index is -0.253. The van der Waals surface area contributed by atoms with Crippen LogP contribution in [0.2, 0.25) is 0 Å². The number of carbonyl (C=O) groups is 1. The topological polar surface area (TPSA) is 111 Å². The third-order valence-electron chi connectivity index (χ3n) is 2.44. The molecule has 4 N–H and O–H groups in total. The molecule has 8 nitrogen and oxygen atoms in total. The van der Waals surface area contributed by atoms with Gasteiger partial charge < -0.3 is 10.7 Å². The zero-order chi connectivity index (χ0) is 13.5. The smallest absolute Gasteiger partial charge is 0.271 e. The minimum absolute atomic E-state index is 0.253. The molecule has 8 heteroatoms. The molecule has 0 aliphatic heterocycles. The molecule has 0 aliphatic rings. The number of amides is 1. The number of nitrogens with one attached hydrogen (secondary N) is 2. The van der Waals surface area contributed by atoms with Gasteiger partial charge in [-0.15, -0.1) is 0 Å². The third kappa shape index (κ3) is 3.75. The first-order valence-electron chi connectivity index (χ1n) is 5.84. The highest BCUT2D eigenvalue weighted by atomic mass is 16.1. The molecule has 0 saturated heterocycles. The van der Waals surface area contributed by atoms with Crippen LogP contribution in [0.1, 0.15) is 16.9 Å². The van der Waals surface area contributed by atoms with E-state index in [-0.39, 0.29) is 11.6 Å². The van der Waals surface area contributed by atoms with Gasteiger partial charge in [-0.2, -0.15) is 5.10 Å². The van der Waals surface area contributed by atoms with E-state index in [1.165, 1.54) is 12.4 Å². The molecule has 2 aromatic rings. The van der Waals surface area contributed by atoms with Gasteiger partial charge in [-0.05, 0) is 12.5 Å². The minimum Gasteiger partial charge on any atom is -0.351 e. The van der Waals surface area contributed by atoms with Crippen LogP contribution in [-0.4, -0.2) is 32.2 Å². The standard InChI is InChI=1S/C11H15N7O/c12-17-10-8-14-9(7-15-10)11(19)13-3-1-5-18-6-2-4-16-18/h2,4,6-8H,1,3,5,12H2,(H,13,19)(H,15,17). The molecule has 2 aromatic heterocycles. The van der Waals surface area contributed by atoms with Crippen LogP contribution in [0.4, 0.5) is 5.82 Å². The number of nitrogens with zero attached hydrogens (tertiary/aromatic N) is 4. The summed E-state index contributed by atoms with van der Waals surface area (Å²) in [6.45, 7) is 1.31. The first-order valence-corrected chi connectivity index (χ1v) is 5.84. The van der Waals surface area contributed by atoms with Crippen molar-refractivity contribution in [2.75, 3.05) is 12.0 Å². The van der Waals surface area contributed by atoms with E-state index in [9.17, 15) is 4.79 Å². The number of anilines is 1. The van der Waals surface area contributed by atoms with Crippen LogP contribution in [0.3, 0.4) is 0 Å². The monoisotopic (exact) mass is 261 g/mol. The number of rotatable bonds is 6. The Morgan fingerprint density at radius 2 is 2.26 bits per heavy atom. The molecule has 0 bridgehead atoms. The lowest BCUT2D eigenvalue weighted by molar-refractivity contribution is 0.0947. The van der Waals surface area contributed by atoms with Crippen molar-refractivity contribution in [3.05, 3.63) is 36.5 Å². The van der Waals surface area contributed by atoms with Gasteiger partial charge in [0.25, 0.3) is 5.91 Å². The molecule has 2 heterocycles. The molecule has 0 aromatic carbocycles. The summed E-state index contributed by atoms with van der Waals surface area (Å²) in [6.07, 6.45) is 7.17. The van der Waals surface area contributed by atoms with Gasteiger partial charge >= 0.3 is 0 Å². The largest absolute Gasteiger partial charge is 0.351 e. The number of nitrogens with two attached hydrogens (primary N) is 1. The maximum absolute atomic E-state index is 11.7. The Bertz CT molecular complexity index is 508. The Labute approximate surface area is 110 Å². The Morgan fingerprint density at radius 3 is 2.89 bits per heavy atom. The van der Waals surface area contributed by atoms with E-state index >= 15 is 0 Å². The van der Waals surface area contributed by atoms with E-state index in [1.807, 2.05) is 16.9 Å². The maximum atomic E-state index is 11.7. The number of hydrogen-bond acceptors (Lipinski definition) is 6. The lowest BCUT2D eigenvalue weighted by Gasteiger charge is -2.05. The maximum Gasteiger partial charge on any atom is 0.271 e. The predicted octanol–water partition coefficient (Wildman–Crippen LogP) is -0.221. The molecule has 1 amide bonds. The molecule has 0 saturated carbocycles. The molecule has 0 atom stereocenters. The van der Waals surface area contributed by atoms with Crippen LogP contribution in [0.5, 0.6) is 0 Å². The van der Waals surface area contributed by atoms with Crippen molar-refractivity contribution in [1.82, 2.24) is 25.1 Å². The van der Waals surface area contributed by atoms with Crippen LogP contribution < -0.4 is 16.6 Å². The van der Waals surface area contributed by atoms with Crippen molar-refractivity contribution >= 4 is 11.7 Å². The highest BCUT2D eigenvalue weighted by Gasteiger charge is 2.06. The summed E-state index contributed by atoms with van der Waals surface area (Å²) in [7, 11) is 0. The summed E-state index contributed by atoms with van der Waals surface area (Å²) < 4.78 is 1.81. The second-order valence-corrected chi connectivity index (χ2v) is 3.81. The van der Waals surface area contributed by atoms with Crippen molar-refractivity contribution in [3.8, 4) is 0 Å². The van der Waals surface area contributed by atoms with Crippen LogP contribution in [0, 0.1) is 0 Å². The fraction of sp³-hybridized carbons (Fsp3) is 0.273. The predicted molar refractivity (Wildman–Crippen MR) is 69.0 cm³/mol. The van der Waals surface area contributed by atoms with E-state index in [1.54, 1.807) is 6.20 Å². The normalized spacial score (nSPS) is 10.2. The van der Waals surface area contributed by atoms with E-state index in [4.69, 9.17) is 5.84 Å². The summed E-state index contributed by atoms with van der Waals surface area (Å²) in [5, 5.41) is 6.84. The molecule has 0 fully saturated rings. The van der Waals surface area contributed by atoms with Gasteiger partial charge in [0.15, 0.2) is 5.82 Å². The van der Waals surface area contributed by atoms with Crippen molar-refractivity contribution in [3.63, 3.8) is 0 Å². The lowest BCUT2D eigenvalue weighted by atomic mass is 10.3. The lowest BCUT2D eigenvalue weighted by Crippen LogP contribution is -2.26. The van der Waals surface area contributed by atoms with Crippen molar-refractivity contribution in [2.24, 2.45) is 5.84 Å². The van der Waals surface area contributed by atoms with Crippen LogP contribution >= 0.6 is 0 Å². The van der Waals surface area contributed by atoms with E-state index in [2.05, 4.69) is 25.8 Å². The molecule has 0 aliphatic carbocycles. The fourth-order valence-electron chi connectivity index (χ4n) is 1.49. The molecule has 2 rings (SSSR count). The zero-order valence-electron chi connectivity index (χ0n) is 10.3. The molecular formula is C11H15N7O. The van der Waals surface area contributed by atoms with Gasteiger partial charge in [-0.25, -0.2) is 15.8 Å². The number of hydrogen-bond donors (Lipinski definition) is 3. The van der Waals surface area contributed by atoms with Gasteiger partial charge in [-0.1, -0.05) is 0 Å². The van der Waals surface area contributed by atoms with Gasteiger partial charge in [0.1, 0.15) is 5.69 Å². The van der Waals surface area contributed by atoms with Crippen LogP contribution in [0.15, 0.2) is 30.9 Å². The number of carbonyl (C=O) groups excluding carboxylic acids is 1. The zero-order valence-corrected chi connectivity index (χ0v) is 10.3. The van der Waals surface area contributed by atoms with Gasteiger partial charge in [0.2, 0.25) is 0 Å². The summed E-state index contributed by atoms with van der Waals surface area (Å²) >= 11 is 0. The molecule has 19 heavy (non-hydrogen) atoms. The average molecular weight is 261 g/mol. The molecule has 0 spiro atoms. The first-order chi connectivity index (χ1) is 9.29. The molecule has 100 valence electrons. The molecular weight excluding hydrogens is 246 g/mol. The average Bonchev–Trinajstić information content (AvgIpc) is 2.96. The van der Waals surface area contributed by atoms with Gasteiger partial charge in [0, 0.05) is 25.5 Å². The summed E-state index contributed by atoms with van der Waals surface area (Å²) in [5.74, 6) is 5.32. The highest BCUT2D eigenvalue weighted by Crippen LogP contribution is 1.98. The van der Waals surface area contributed by atoms with E-state index in [0.717, 1.165) is 13.0 Å². The number of aryl methyl sites for hydroxylation is 1. The quantitative estimate of drug-likeness (QED) is 0.376. The second kappa shape index (κ2) is 6.45. The number of hydrazine groups is 1. The third-order valence-corrected chi connectivity index (χ3v) is 2.44. The Hall–Kier alpha value is -2.48. The van der Waals surface area contributed by atoms with Crippen molar-refractivity contribution in [1.29, 1.82) is 0 Å². The highest BCUT2D eigenvalue weighted by molar-refractivity contribution is 5.91. The number of aromatic nitrogens is 4. The Morgan fingerprint density at radius 1 is 1.37 bits per heavy atom. The summed E-state index contributed by atoms with van der Waals surface area (Å²) in [5.41, 5.74) is 2.61. The summed E-state index contributed by atoms with van der Waals surface area (Å²) in [4.78, 5) is 19.6. The SMILES string of the molecule is NNc1cnc(C(=O)NCCCn2cccn2)cn1. The van der Waals surface area contributed by atoms with Crippen LogP contribution in [-0.2, 0) is 6.54 Å².